The zero-order valence-electron chi connectivity index (χ0n) is 36.0. The van der Waals surface area contributed by atoms with Crippen LogP contribution in [0.15, 0.2) is 230 Å². The van der Waals surface area contributed by atoms with Crippen molar-refractivity contribution in [1.82, 2.24) is 4.98 Å². The maximum Gasteiger partial charge on any atom is 0.0791 e. The number of allylic oxidation sites excluding steroid dienone is 8. The number of nitrogens with zero attached hydrogens (tertiary/aromatic N) is 2. The molecule has 0 fully saturated rings. The molecule has 0 N–H and O–H groups in total. The SMILES string of the molecule is CC1C(C2=CC(c3cccc(C(=C(c4ccccc4)c4ccccc4)c4ccccc4)c3)=CC(c3c4ccc5ccccc5c4nc4c3ccc3ccccc34)C2C)=CC=CC1C#N. The van der Waals surface area contributed by atoms with E-state index in [0.717, 1.165) is 38.5 Å². The van der Waals surface area contributed by atoms with Gasteiger partial charge >= 0.3 is 0 Å². The van der Waals surface area contributed by atoms with Crippen LogP contribution in [0.5, 0.6) is 0 Å². The van der Waals surface area contributed by atoms with E-state index in [4.69, 9.17) is 4.98 Å². The predicted molar refractivity (Wildman–Crippen MR) is 269 cm³/mol. The van der Waals surface area contributed by atoms with Crippen LogP contribution < -0.4 is 0 Å². The Hall–Kier alpha value is -7.86. The van der Waals surface area contributed by atoms with Crippen molar-refractivity contribution in [2.75, 3.05) is 0 Å². The van der Waals surface area contributed by atoms with Gasteiger partial charge in [0.25, 0.3) is 0 Å². The second kappa shape index (κ2) is 16.4. The Kier molecular flexibility index (Phi) is 10.0. The van der Waals surface area contributed by atoms with Crippen molar-refractivity contribution in [3.05, 3.63) is 263 Å². The quantitative estimate of drug-likeness (QED) is 0.0912. The Morgan fingerprint density at radius 1 is 0.500 bits per heavy atom. The van der Waals surface area contributed by atoms with Gasteiger partial charge in [-0.2, -0.15) is 5.26 Å². The molecule has 304 valence electrons. The number of pyridine rings is 1. The zero-order chi connectivity index (χ0) is 43.1. The van der Waals surface area contributed by atoms with Gasteiger partial charge in [-0.25, -0.2) is 4.98 Å². The first-order valence-electron chi connectivity index (χ1n) is 22.4. The van der Waals surface area contributed by atoms with Crippen molar-refractivity contribution in [2.24, 2.45) is 17.8 Å². The van der Waals surface area contributed by atoms with Crippen LogP contribution >= 0.6 is 0 Å². The van der Waals surface area contributed by atoms with E-state index >= 15 is 0 Å². The van der Waals surface area contributed by atoms with E-state index < -0.39 is 0 Å². The van der Waals surface area contributed by atoms with Crippen LogP contribution in [-0.4, -0.2) is 4.98 Å². The minimum absolute atomic E-state index is 0.0122. The lowest BCUT2D eigenvalue weighted by Crippen LogP contribution is -2.22. The molecule has 0 bridgehead atoms. The first kappa shape index (κ1) is 39.0. The molecule has 64 heavy (non-hydrogen) atoms. The minimum Gasteiger partial charge on any atom is -0.246 e. The van der Waals surface area contributed by atoms with E-state index in [-0.39, 0.29) is 23.7 Å². The summed E-state index contributed by atoms with van der Waals surface area (Å²) in [5, 5.41) is 17.4. The van der Waals surface area contributed by atoms with Crippen molar-refractivity contribution >= 4 is 60.1 Å². The van der Waals surface area contributed by atoms with Crippen LogP contribution in [0.4, 0.5) is 0 Å². The molecule has 0 aliphatic heterocycles. The summed E-state index contributed by atoms with van der Waals surface area (Å²) in [4.78, 5) is 5.56. The Balaban J connectivity index is 1.19. The fourth-order valence-electron chi connectivity index (χ4n) is 10.4. The number of fused-ring (bicyclic) bond motifs is 6. The predicted octanol–water partition coefficient (Wildman–Crippen LogP) is 15.7. The Morgan fingerprint density at radius 3 is 1.58 bits per heavy atom. The minimum atomic E-state index is -0.197. The fourth-order valence-corrected chi connectivity index (χ4v) is 10.4. The van der Waals surface area contributed by atoms with Gasteiger partial charge in [0.05, 0.1) is 23.0 Å². The second-order valence-corrected chi connectivity index (χ2v) is 17.3. The first-order valence-corrected chi connectivity index (χ1v) is 22.4. The number of benzene rings is 8. The molecule has 1 heterocycles. The lowest BCUT2D eigenvalue weighted by atomic mass is 9.68. The summed E-state index contributed by atoms with van der Waals surface area (Å²) in [7, 11) is 0. The van der Waals surface area contributed by atoms with Crippen molar-refractivity contribution in [3.63, 3.8) is 0 Å². The third kappa shape index (κ3) is 6.78. The van der Waals surface area contributed by atoms with Gasteiger partial charge in [-0.05, 0) is 84.0 Å². The van der Waals surface area contributed by atoms with Gasteiger partial charge in [-0.1, -0.05) is 226 Å². The van der Waals surface area contributed by atoms with Crippen LogP contribution in [0.3, 0.4) is 0 Å². The molecule has 0 spiro atoms. The molecule has 0 amide bonds. The highest BCUT2D eigenvalue weighted by atomic mass is 14.7. The van der Waals surface area contributed by atoms with E-state index in [1.54, 1.807) is 0 Å². The van der Waals surface area contributed by atoms with E-state index in [1.165, 1.54) is 66.1 Å². The summed E-state index contributed by atoms with van der Waals surface area (Å²) in [5.74, 6) is -0.0686. The number of aromatic nitrogens is 1. The van der Waals surface area contributed by atoms with Gasteiger partial charge in [-0.15, -0.1) is 0 Å². The van der Waals surface area contributed by atoms with E-state index in [2.05, 4.69) is 238 Å². The summed E-state index contributed by atoms with van der Waals surface area (Å²) >= 11 is 0. The average molecular weight is 819 g/mol. The fraction of sp³-hybridized carbons (Fsp3) is 0.0968. The molecule has 0 saturated carbocycles. The van der Waals surface area contributed by atoms with Crippen molar-refractivity contribution < 1.29 is 0 Å². The summed E-state index contributed by atoms with van der Waals surface area (Å²) in [6.07, 6.45) is 11.3. The third-order valence-electron chi connectivity index (χ3n) is 13.7. The lowest BCUT2D eigenvalue weighted by molar-refractivity contribution is 0.541. The highest BCUT2D eigenvalue weighted by Crippen LogP contribution is 2.49. The molecule has 0 radical (unpaired) electrons. The van der Waals surface area contributed by atoms with Crippen molar-refractivity contribution in [3.8, 4) is 6.07 Å². The topological polar surface area (TPSA) is 36.7 Å². The summed E-state index contributed by atoms with van der Waals surface area (Å²) < 4.78 is 0. The standard InChI is InChI=1S/C62H46N2/c1-40-49(39-63)28-17-31-51(40)56-37-50(47-26-16-27-48(36-47)59(46-24-10-5-11-25-46)58(44-20-6-3-7-21-44)45-22-8-4-9-23-45)38-57(41(56)2)60-54-34-32-42-18-12-14-29-52(42)61(54)64-62-53-30-15-13-19-43(53)33-35-55(60)62/h3-38,40-41,49,57H,1-2H3. The molecule has 4 unspecified atom stereocenters. The van der Waals surface area contributed by atoms with Crippen molar-refractivity contribution in [1.29, 1.82) is 5.26 Å². The van der Waals surface area contributed by atoms with Crippen molar-refractivity contribution in [2.45, 2.75) is 19.8 Å². The van der Waals surface area contributed by atoms with Crippen LogP contribution in [0.2, 0.25) is 0 Å². The molecule has 1 aromatic heterocycles. The molecule has 2 heteroatoms. The monoisotopic (exact) mass is 818 g/mol. The summed E-state index contributed by atoms with van der Waals surface area (Å²) in [5.41, 5.74) is 15.2. The van der Waals surface area contributed by atoms with E-state index in [0.29, 0.717) is 0 Å². The molecule has 11 rings (SSSR count). The van der Waals surface area contributed by atoms with Crippen LogP contribution in [-0.2, 0) is 0 Å². The largest absolute Gasteiger partial charge is 0.246 e. The molecule has 4 atom stereocenters. The first-order chi connectivity index (χ1) is 31.6. The Morgan fingerprint density at radius 2 is 1.02 bits per heavy atom. The number of nitriles is 1. The maximum absolute atomic E-state index is 10.3. The van der Waals surface area contributed by atoms with Gasteiger partial charge < -0.3 is 0 Å². The maximum atomic E-state index is 10.3. The van der Waals surface area contributed by atoms with Crippen LogP contribution in [0, 0.1) is 29.1 Å². The molecule has 2 nitrogen and oxygen atoms in total. The van der Waals surface area contributed by atoms with Gasteiger partial charge in [0.2, 0.25) is 0 Å². The Bertz CT molecular complexity index is 3340. The van der Waals surface area contributed by atoms with Gasteiger partial charge in [0, 0.05) is 33.4 Å². The molecule has 8 aromatic carbocycles. The van der Waals surface area contributed by atoms with Gasteiger partial charge in [-0.3, -0.25) is 0 Å². The molecule has 0 saturated heterocycles. The van der Waals surface area contributed by atoms with Gasteiger partial charge in [0.1, 0.15) is 0 Å². The second-order valence-electron chi connectivity index (χ2n) is 17.3. The number of rotatable bonds is 7. The number of hydrogen-bond donors (Lipinski definition) is 0. The highest BCUT2D eigenvalue weighted by molar-refractivity contribution is 6.16. The van der Waals surface area contributed by atoms with E-state index in [9.17, 15) is 5.26 Å². The summed E-state index contributed by atoms with van der Waals surface area (Å²) in [6.45, 7) is 4.60. The average Bonchev–Trinajstić information content (AvgIpc) is 3.36. The molecular formula is C62H46N2. The van der Waals surface area contributed by atoms with Crippen LogP contribution in [0.1, 0.15) is 53.1 Å². The van der Waals surface area contributed by atoms with E-state index in [1.807, 2.05) is 0 Å². The van der Waals surface area contributed by atoms with Crippen LogP contribution in [0.25, 0.3) is 60.1 Å². The molecular weight excluding hydrogens is 773 g/mol. The Labute approximate surface area is 375 Å². The highest BCUT2D eigenvalue weighted by Gasteiger charge is 2.34. The third-order valence-corrected chi connectivity index (χ3v) is 13.7. The normalized spacial score (nSPS) is 18.4. The smallest absolute Gasteiger partial charge is 0.0791 e. The molecule has 9 aromatic rings. The summed E-state index contributed by atoms with van der Waals surface area (Å²) in [6, 6.07) is 70.5. The van der Waals surface area contributed by atoms with Gasteiger partial charge in [0.15, 0.2) is 0 Å². The zero-order valence-corrected chi connectivity index (χ0v) is 36.0. The molecule has 2 aliphatic rings. The lowest BCUT2D eigenvalue weighted by Gasteiger charge is -2.35. The molecule has 2 aliphatic carbocycles. The number of hydrogen-bond acceptors (Lipinski definition) is 2.